The highest BCUT2D eigenvalue weighted by Crippen LogP contribution is 2.37. The molecule has 2 saturated heterocycles. The van der Waals surface area contributed by atoms with E-state index in [1.54, 1.807) is 17.0 Å². The number of halogens is 1. The van der Waals surface area contributed by atoms with Crippen molar-refractivity contribution in [3.8, 4) is 5.75 Å². The van der Waals surface area contributed by atoms with Gasteiger partial charge in [-0.3, -0.25) is 0 Å². The maximum Gasteiger partial charge on any atom is 0.410 e. The molecule has 2 bridgehead atoms. The van der Waals surface area contributed by atoms with Gasteiger partial charge in [0, 0.05) is 50.1 Å². The molecule has 4 rings (SSSR count). The van der Waals surface area contributed by atoms with E-state index in [1.165, 1.54) is 6.07 Å². The number of carbonyl (C=O) groups is 1. The summed E-state index contributed by atoms with van der Waals surface area (Å²) in [4.78, 5) is 16.8. The maximum absolute atomic E-state index is 14.5. The van der Waals surface area contributed by atoms with Gasteiger partial charge in [-0.2, -0.15) is 0 Å². The summed E-state index contributed by atoms with van der Waals surface area (Å²) in [5.74, 6) is -0.253. The normalized spacial score (nSPS) is 19.5. The number of anilines is 1. The number of fused-ring (bicyclic) bond motifs is 2. The summed E-state index contributed by atoms with van der Waals surface area (Å²) in [6.07, 6.45) is 1.11. The Morgan fingerprint density at radius 1 is 1.03 bits per heavy atom. The number of ether oxygens (including phenoxy) is 4. The Kier molecular flexibility index (Phi) is 8.24. The molecule has 0 radical (unpaired) electrons. The Morgan fingerprint density at radius 2 is 1.71 bits per heavy atom. The van der Waals surface area contributed by atoms with Gasteiger partial charge in [-0.25, -0.2) is 9.18 Å². The van der Waals surface area contributed by atoms with Gasteiger partial charge in [0.1, 0.15) is 13.2 Å². The first-order valence-corrected chi connectivity index (χ1v) is 12.0. The van der Waals surface area contributed by atoms with Crippen LogP contribution in [0.4, 0.5) is 14.9 Å². The van der Waals surface area contributed by atoms with Crippen LogP contribution in [0.3, 0.4) is 0 Å². The van der Waals surface area contributed by atoms with Crippen LogP contribution < -0.4 is 9.64 Å². The quantitative estimate of drug-likeness (QED) is 0.472. The molecule has 0 spiro atoms. The van der Waals surface area contributed by atoms with Crippen molar-refractivity contribution in [3.05, 3.63) is 59.9 Å². The van der Waals surface area contributed by atoms with E-state index in [1.807, 2.05) is 44.2 Å². The molecule has 2 aliphatic heterocycles. The lowest BCUT2D eigenvalue weighted by Gasteiger charge is -2.42. The van der Waals surface area contributed by atoms with Crippen molar-refractivity contribution in [2.45, 2.75) is 51.7 Å². The number of nitrogens with zero attached hydrogens (tertiary/aromatic N) is 2. The number of rotatable bonds is 10. The van der Waals surface area contributed by atoms with E-state index in [0.717, 1.165) is 24.1 Å². The van der Waals surface area contributed by atoms with Crippen LogP contribution in [0.15, 0.2) is 48.5 Å². The number of piperazine rings is 1. The molecule has 184 valence electrons. The van der Waals surface area contributed by atoms with Gasteiger partial charge >= 0.3 is 6.09 Å². The van der Waals surface area contributed by atoms with Crippen molar-refractivity contribution in [1.29, 1.82) is 0 Å². The monoisotopic (exact) mass is 472 g/mol. The fourth-order valence-corrected chi connectivity index (χ4v) is 4.72. The van der Waals surface area contributed by atoms with Gasteiger partial charge in [-0.05, 0) is 44.4 Å². The Morgan fingerprint density at radius 3 is 2.35 bits per heavy atom. The molecule has 1 amide bonds. The zero-order valence-corrected chi connectivity index (χ0v) is 19.8. The summed E-state index contributed by atoms with van der Waals surface area (Å²) in [5, 5.41) is 0. The number of carbonyl (C=O) groups excluding carboxylic acids is 1. The summed E-state index contributed by atoms with van der Waals surface area (Å²) < 4.78 is 36.7. The first-order valence-electron chi connectivity index (χ1n) is 12.0. The van der Waals surface area contributed by atoms with Gasteiger partial charge in [0.25, 0.3) is 0 Å². The maximum atomic E-state index is 14.5. The Labute approximate surface area is 200 Å². The number of likely N-dealkylation sites (tertiary alicyclic amines) is 1. The third-order valence-electron chi connectivity index (χ3n) is 6.24. The molecule has 0 saturated carbocycles. The third-order valence-corrected chi connectivity index (χ3v) is 6.24. The van der Waals surface area contributed by atoms with Crippen molar-refractivity contribution in [2.75, 3.05) is 37.8 Å². The molecule has 2 aromatic carbocycles. The average Bonchev–Trinajstić information content (AvgIpc) is 3.11. The lowest BCUT2D eigenvalue weighted by atomic mass is 10.1. The largest absolute Gasteiger partial charge is 0.485 e. The van der Waals surface area contributed by atoms with E-state index >= 15 is 0 Å². The number of hydrogen-bond acceptors (Lipinski definition) is 6. The molecule has 8 heteroatoms. The molecule has 2 atom stereocenters. The molecule has 7 nitrogen and oxygen atoms in total. The fraction of sp³-hybridized carbons (Fsp3) is 0.500. The van der Waals surface area contributed by atoms with Crippen LogP contribution in [-0.4, -0.2) is 62.3 Å². The summed E-state index contributed by atoms with van der Waals surface area (Å²) in [5.41, 5.74) is 1.86. The first-order chi connectivity index (χ1) is 16.6. The highest BCUT2D eigenvalue weighted by molar-refractivity contribution is 5.69. The van der Waals surface area contributed by atoms with Gasteiger partial charge in [0.15, 0.2) is 17.9 Å². The molecule has 34 heavy (non-hydrogen) atoms. The fourth-order valence-electron chi connectivity index (χ4n) is 4.72. The zero-order valence-electron chi connectivity index (χ0n) is 19.8. The Hall–Kier alpha value is -2.84. The number of amides is 1. The standard InChI is InChI=1S/C26H33FN2O5/c1-3-31-25(32-4-2)18-33-24-14-20(12-13-23(24)27)29-21-10-11-22(29)16-28(15-21)26(30)34-17-19-8-6-5-7-9-19/h5-9,12-14,21-22,25H,3-4,10-11,15-18H2,1-2H3. The summed E-state index contributed by atoms with van der Waals surface area (Å²) in [7, 11) is 0. The summed E-state index contributed by atoms with van der Waals surface area (Å²) in [6.45, 7) is 6.24. The van der Waals surface area contributed by atoms with Crippen molar-refractivity contribution >= 4 is 11.8 Å². The van der Waals surface area contributed by atoms with Crippen molar-refractivity contribution in [3.63, 3.8) is 0 Å². The molecule has 2 aliphatic rings. The number of benzene rings is 2. The second kappa shape index (κ2) is 11.5. The third kappa shape index (κ3) is 5.80. The second-order valence-corrected chi connectivity index (χ2v) is 8.50. The van der Waals surface area contributed by atoms with Crippen molar-refractivity contribution in [2.24, 2.45) is 0 Å². The SMILES string of the molecule is CCOC(COc1cc(N2C3CCC2CN(C(=O)OCc2ccccc2)C3)ccc1F)OCC. The van der Waals surface area contributed by atoms with Crippen LogP contribution >= 0.6 is 0 Å². The molecule has 2 aromatic rings. The van der Waals surface area contributed by atoms with Crippen LogP contribution in [0.5, 0.6) is 5.75 Å². The molecule has 0 aromatic heterocycles. The number of hydrogen-bond donors (Lipinski definition) is 0. The van der Waals surface area contributed by atoms with E-state index < -0.39 is 12.1 Å². The highest BCUT2D eigenvalue weighted by atomic mass is 19.1. The van der Waals surface area contributed by atoms with E-state index in [-0.39, 0.29) is 37.1 Å². The highest BCUT2D eigenvalue weighted by Gasteiger charge is 2.42. The lowest BCUT2D eigenvalue weighted by molar-refractivity contribution is -0.152. The summed E-state index contributed by atoms with van der Waals surface area (Å²) in [6, 6.07) is 14.9. The first kappa shape index (κ1) is 24.3. The van der Waals surface area contributed by atoms with E-state index in [2.05, 4.69) is 4.90 Å². The summed E-state index contributed by atoms with van der Waals surface area (Å²) >= 11 is 0. The molecule has 2 fully saturated rings. The molecule has 0 aliphatic carbocycles. The van der Waals surface area contributed by atoms with E-state index in [9.17, 15) is 9.18 Å². The topological polar surface area (TPSA) is 60.5 Å². The smallest absolute Gasteiger partial charge is 0.410 e. The van der Waals surface area contributed by atoms with Crippen LogP contribution in [0.1, 0.15) is 32.3 Å². The van der Waals surface area contributed by atoms with Gasteiger partial charge in [-0.1, -0.05) is 30.3 Å². The molecule has 2 unspecified atom stereocenters. The second-order valence-electron chi connectivity index (χ2n) is 8.50. The molecule has 2 heterocycles. The van der Waals surface area contributed by atoms with Crippen LogP contribution in [0.2, 0.25) is 0 Å². The van der Waals surface area contributed by atoms with Gasteiger partial charge in [0.2, 0.25) is 0 Å². The Bertz CT molecular complexity index is 924. The predicted molar refractivity (Wildman–Crippen MR) is 126 cm³/mol. The molecule has 0 N–H and O–H groups in total. The van der Waals surface area contributed by atoms with E-state index in [4.69, 9.17) is 18.9 Å². The zero-order chi connectivity index (χ0) is 23.9. The average molecular weight is 473 g/mol. The molecular weight excluding hydrogens is 439 g/mol. The predicted octanol–water partition coefficient (Wildman–Crippen LogP) is 4.59. The minimum atomic E-state index is -0.542. The molecular formula is C26H33FN2O5. The van der Waals surface area contributed by atoms with E-state index in [0.29, 0.717) is 26.3 Å². The minimum Gasteiger partial charge on any atom is -0.485 e. The van der Waals surface area contributed by atoms with Crippen LogP contribution in [0, 0.1) is 5.82 Å². The van der Waals surface area contributed by atoms with Crippen molar-refractivity contribution in [1.82, 2.24) is 4.90 Å². The Balaban J connectivity index is 1.38. The van der Waals surface area contributed by atoms with Crippen molar-refractivity contribution < 1.29 is 28.1 Å². The minimum absolute atomic E-state index is 0.107. The lowest BCUT2D eigenvalue weighted by Crippen LogP contribution is -2.55. The van der Waals surface area contributed by atoms with Crippen LogP contribution in [0.25, 0.3) is 0 Å². The van der Waals surface area contributed by atoms with Gasteiger partial charge in [-0.15, -0.1) is 0 Å². The van der Waals surface area contributed by atoms with Crippen LogP contribution in [-0.2, 0) is 20.8 Å². The van der Waals surface area contributed by atoms with Gasteiger partial charge < -0.3 is 28.7 Å². The van der Waals surface area contributed by atoms with Gasteiger partial charge in [0.05, 0.1) is 0 Å².